The molecule has 0 aromatic carbocycles. The zero-order chi connectivity index (χ0) is 11.2. The summed E-state index contributed by atoms with van der Waals surface area (Å²) in [7, 11) is 0. The second-order valence-electron chi connectivity index (χ2n) is 4.62. The number of nitrogens with zero attached hydrogens (tertiary/aromatic N) is 1. The maximum absolute atomic E-state index is 4.09. The average Bonchev–Trinajstić information content (AvgIpc) is 2.33. The monoisotopic (exact) mass is 219 g/mol. The van der Waals surface area contributed by atoms with Gasteiger partial charge in [-0.1, -0.05) is 0 Å². The highest BCUT2D eigenvalue weighted by Crippen LogP contribution is 2.16. The fourth-order valence-electron chi connectivity index (χ4n) is 2.25. The largest absolute Gasteiger partial charge is 0.385 e. The molecule has 1 atom stereocenters. The Morgan fingerprint density at radius 1 is 1.56 bits per heavy atom. The molecule has 2 rings (SSSR count). The van der Waals surface area contributed by atoms with Gasteiger partial charge in [0.25, 0.3) is 0 Å². The Bertz CT molecular complexity index is 319. The highest BCUT2D eigenvalue weighted by Gasteiger charge is 2.12. The van der Waals surface area contributed by atoms with Crippen molar-refractivity contribution in [2.45, 2.75) is 26.2 Å². The van der Waals surface area contributed by atoms with Gasteiger partial charge in [0.15, 0.2) is 0 Å². The van der Waals surface area contributed by atoms with Crippen LogP contribution in [0.15, 0.2) is 18.5 Å². The van der Waals surface area contributed by atoms with Crippen LogP contribution in [-0.4, -0.2) is 24.6 Å². The van der Waals surface area contributed by atoms with E-state index in [9.17, 15) is 0 Å². The smallest absolute Gasteiger partial charge is 0.0400 e. The SMILES string of the molecule is Cc1cnccc1NCCC1CCCNC1. The second-order valence-corrected chi connectivity index (χ2v) is 4.62. The summed E-state index contributed by atoms with van der Waals surface area (Å²) >= 11 is 0. The van der Waals surface area contributed by atoms with Gasteiger partial charge in [-0.15, -0.1) is 0 Å². The summed E-state index contributed by atoms with van der Waals surface area (Å²) < 4.78 is 0. The maximum atomic E-state index is 4.09. The molecule has 16 heavy (non-hydrogen) atoms. The average molecular weight is 219 g/mol. The Morgan fingerprint density at radius 3 is 3.25 bits per heavy atom. The molecule has 0 saturated carbocycles. The van der Waals surface area contributed by atoms with Gasteiger partial charge in [-0.25, -0.2) is 0 Å². The first-order chi connectivity index (χ1) is 7.86. The van der Waals surface area contributed by atoms with Crippen molar-refractivity contribution in [1.29, 1.82) is 0 Å². The van der Waals surface area contributed by atoms with Crippen LogP contribution in [0.5, 0.6) is 0 Å². The molecule has 0 amide bonds. The highest BCUT2D eigenvalue weighted by atomic mass is 14.9. The van der Waals surface area contributed by atoms with Gasteiger partial charge < -0.3 is 10.6 Å². The van der Waals surface area contributed by atoms with Crippen LogP contribution in [-0.2, 0) is 0 Å². The summed E-state index contributed by atoms with van der Waals surface area (Å²) in [5.41, 5.74) is 2.45. The molecule has 0 spiro atoms. The van der Waals surface area contributed by atoms with Gasteiger partial charge in [-0.3, -0.25) is 4.98 Å². The third kappa shape index (κ3) is 3.20. The molecular formula is C13H21N3. The molecule has 0 aliphatic carbocycles. The summed E-state index contributed by atoms with van der Waals surface area (Å²) in [5, 5.41) is 6.95. The molecule has 3 heteroatoms. The molecule has 1 unspecified atom stereocenters. The number of hydrogen-bond donors (Lipinski definition) is 2. The van der Waals surface area contributed by atoms with Crippen LogP contribution in [0.25, 0.3) is 0 Å². The van der Waals surface area contributed by atoms with Gasteiger partial charge in [0.2, 0.25) is 0 Å². The van der Waals surface area contributed by atoms with E-state index in [4.69, 9.17) is 0 Å². The Balaban J connectivity index is 1.73. The van der Waals surface area contributed by atoms with Crippen molar-refractivity contribution >= 4 is 5.69 Å². The quantitative estimate of drug-likeness (QED) is 0.815. The summed E-state index contributed by atoms with van der Waals surface area (Å²) in [6.07, 6.45) is 7.72. The van der Waals surface area contributed by atoms with E-state index in [1.54, 1.807) is 0 Å². The van der Waals surface area contributed by atoms with Crippen LogP contribution in [0.4, 0.5) is 5.69 Å². The van der Waals surface area contributed by atoms with Crippen LogP contribution < -0.4 is 10.6 Å². The van der Waals surface area contributed by atoms with E-state index in [-0.39, 0.29) is 0 Å². The van der Waals surface area contributed by atoms with Gasteiger partial charge in [-0.05, 0) is 56.8 Å². The van der Waals surface area contributed by atoms with E-state index < -0.39 is 0 Å². The fraction of sp³-hybridized carbons (Fsp3) is 0.615. The molecule has 88 valence electrons. The van der Waals surface area contributed by atoms with E-state index in [0.717, 1.165) is 12.5 Å². The minimum Gasteiger partial charge on any atom is -0.385 e. The highest BCUT2D eigenvalue weighted by molar-refractivity contribution is 5.48. The topological polar surface area (TPSA) is 37.0 Å². The van der Waals surface area contributed by atoms with Crippen LogP contribution in [0.3, 0.4) is 0 Å². The van der Waals surface area contributed by atoms with Crippen LogP contribution in [0, 0.1) is 12.8 Å². The number of piperidine rings is 1. The van der Waals surface area contributed by atoms with E-state index in [1.807, 2.05) is 12.4 Å². The predicted octanol–water partition coefficient (Wildman–Crippen LogP) is 2.19. The van der Waals surface area contributed by atoms with Gasteiger partial charge in [-0.2, -0.15) is 0 Å². The molecule has 1 aliphatic heterocycles. The number of nitrogens with one attached hydrogen (secondary N) is 2. The Hall–Kier alpha value is -1.09. The van der Waals surface area contributed by atoms with Crippen LogP contribution in [0.2, 0.25) is 0 Å². The minimum atomic E-state index is 0.850. The van der Waals surface area contributed by atoms with Gasteiger partial charge in [0.05, 0.1) is 0 Å². The molecular weight excluding hydrogens is 198 g/mol. The molecule has 3 nitrogen and oxygen atoms in total. The molecule has 2 heterocycles. The summed E-state index contributed by atoms with van der Waals surface area (Å²) in [6.45, 7) is 5.55. The van der Waals surface area contributed by atoms with Crippen molar-refractivity contribution in [3.63, 3.8) is 0 Å². The Morgan fingerprint density at radius 2 is 2.50 bits per heavy atom. The summed E-state index contributed by atoms with van der Waals surface area (Å²) in [4.78, 5) is 4.09. The number of aromatic nitrogens is 1. The van der Waals surface area contributed by atoms with Crippen molar-refractivity contribution in [2.75, 3.05) is 25.0 Å². The summed E-state index contributed by atoms with van der Waals surface area (Å²) in [5.74, 6) is 0.850. The van der Waals surface area contributed by atoms with Gasteiger partial charge in [0, 0.05) is 24.6 Å². The third-order valence-corrected chi connectivity index (χ3v) is 3.29. The predicted molar refractivity (Wildman–Crippen MR) is 67.7 cm³/mol. The lowest BCUT2D eigenvalue weighted by Crippen LogP contribution is -2.30. The molecule has 1 aromatic heterocycles. The Labute approximate surface area is 97.7 Å². The molecule has 1 aliphatic rings. The third-order valence-electron chi connectivity index (χ3n) is 3.29. The first-order valence-corrected chi connectivity index (χ1v) is 6.21. The van der Waals surface area contributed by atoms with Crippen molar-refractivity contribution in [1.82, 2.24) is 10.3 Å². The number of rotatable bonds is 4. The van der Waals surface area contributed by atoms with Crippen molar-refractivity contribution in [3.05, 3.63) is 24.0 Å². The zero-order valence-corrected chi connectivity index (χ0v) is 10.00. The Kier molecular flexibility index (Phi) is 4.17. The first-order valence-electron chi connectivity index (χ1n) is 6.21. The van der Waals surface area contributed by atoms with E-state index in [0.29, 0.717) is 0 Å². The van der Waals surface area contributed by atoms with Crippen LogP contribution in [0.1, 0.15) is 24.8 Å². The standard InChI is InChI=1S/C13H21N3/c1-11-9-15-7-5-13(11)16-8-4-12-3-2-6-14-10-12/h5,7,9,12,14H,2-4,6,8,10H2,1H3,(H,15,16). The molecule has 0 bridgehead atoms. The van der Waals surface area contributed by atoms with E-state index >= 15 is 0 Å². The van der Waals surface area contributed by atoms with Crippen LogP contribution >= 0.6 is 0 Å². The van der Waals surface area contributed by atoms with E-state index in [1.165, 1.54) is 43.6 Å². The molecule has 1 aromatic rings. The van der Waals surface area contributed by atoms with Gasteiger partial charge in [0.1, 0.15) is 0 Å². The molecule has 0 radical (unpaired) electrons. The lowest BCUT2D eigenvalue weighted by atomic mass is 9.96. The maximum Gasteiger partial charge on any atom is 0.0400 e. The first kappa shape index (κ1) is 11.4. The second kappa shape index (κ2) is 5.85. The number of anilines is 1. The minimum absolute atomic E-state index is 0.850. The van der Waals surface area contributed by atoms with Crippen molar-refractivity contribution in [3.8, 4) is 0 Å². The van der Waals surface area contributed by atoms with E-state index in [2.05, 4.69) is 28.6 Å². The fourth-order valence-corrected chi connectivity index (χ4v) is 2.25. The normalized spacial score (nSPS) is 20.7. The molecule has 2 N–H and O–H groups in total. The van der Waals surface area contributed by atoms with Crippen molar-refractivity contribution in [2.24, 2.45) is 5.92 Å². The van der Waals surface area contributed by atoms with Gasteiger partial charge >= 0.3 is 0 Å². The zero-order valence-electron chi connectivity index (χ0n) is 10.00. The summed E-state index contributed by atoms with van der Waals surface area (Å²) in [6, 6.07) is 2.05. The lowest BCUT2D eigenvalue weighted by Gasteiger charge is -2.23. The van der Waals surface area contributed by atoms with Crippen molar-refractivity contribution < 1.29 is 0 Å². The number of hydrogen-bond acceptors (Lipinski definition) is 3. The lowest BCUT2D eigenvalue weighted by molar-refractivity contribution is 0.364. The number of pyridine rings is 1. The molecule has 1 fully saturated rings. The molecule has 1 saturated heterocycles. The number of aryl methyl sites for hydroxylation is 1.